The largest absolute Gasteiger partial charge is 0.481 e. The summed E-state index contributed by atoms with van der Waals surface area (Å²) < 4.78 is 4.61. The van der Waals surface area contributed by atoms with Gasteiger partial charge in [-0.2, -0.15) is 0 Å². The van der Waals surface area contributed by atoms with E-state index in [0.29, 0.717) is 16.9 Å². The second-order valence-corrected chi connectivity index (χ2v) is 4.15. The van der Waals surface area contributed by atoms with Crippen LogP contribution >= 0.6 is 11.3 Å². The Bertz CT molecular complexity index is 388. The molecule has 0 radical (unpaired) electrons. The summed E-state index contributed by atoms with van der Waals surface area (Å²) in [7, 11) is 1.30. The van der Waals surface area contributed by atoms with Crippen LogP contribution in [0.5, 0.6) is 0 Å². The fourth-order valence-corrected chi connectivity index (χ4v) is 2.19. The zero-order valence-electron chi connectivity index (χ0n) is 8.80. The van der Waals surface area contributed by atoms with Crippen molar-refractivity contribution in [3.63, 3.8) is 0 Å². The molecule has 0 saturated heterocycles. The van der Waals surface area contributed by atoms with Gasteiger partial charge in [0.05, 0.1) is 7.11 Å². The molecular formula is C10H13NO4S. The van der Waals surface area contributed by atoms with Crippen LogP contribution in [0.3, 0.4) is 0 Å². The molecule has 0 aromatic carbocycles. The van der Waals surface area contributed by atoms with Crippen LogP contribution in [-0.4, -0.2) is 24.2 Å². The molecule has 1 aromatic rings. The lowest BCUT2D eigenvalue weighted by Crippen LogP contribution is -2.15. The second kappa shape index (κ2) is 5.62. The zero-order chi connectivity index (χ0) is 12.1. The number of carboxylic acid groups (broad SMARTS) is 1. The Morgan fingerprint density at radius 3 is 2.88 bits per heavy atom. The smallest absolute Gasteiger partial charge is 0.348 e. The standard InChI is InChI=1S/C10H13NO4S/c1-15-10(14)9-6(4-5-16-9)7(11)2-3-8(12)13/h4-5,7H,2-3,11H2,1H3,(H,12,13). The second-order valence-electron chi connectivity index (χ2n) is 3.24. The Kier molecular flexibility index (Phi) is 4.45. The summed E-state index contributed by atoms with van der Waals surface area (Å²) in [5.41, 5.74) is 6.47. The molecule has 5 nitrogen and oxygen atoms in total. The minimum Gasteiger partial charge on any atom is -0.481 e. The number of nitrogens with two attached hydrogens (primary N) is 1. The quantitative estimate of drug-likeness (QED) is 0.763. The van der Waals surface area contributed by atoms with Crippen LogP contribution in [0, 0.1) is 0 Å². The molecule has 0 bridgehead atoms. The van der Waals surface area contributed by atoms with Crippen molar-refractivity contribution in [1.82, 2.24) is 0 Å². The number of thiophene rings is 1. The predicted octanol–water partition coefficient (Wildman–Crippen LogP) is 1.40. The zero-order valence-corrected chi connectivity index (χ0v) is 9.62. The van der Waals surface area contributed by atoms with Gasteiger partial charge in [0.2, 0.25) is 0 Å². The van der Waals surface area contributed by atoms with Crippen LogP contribution < -0.4 is 5.73 Å². The van der Waals surface area contributed by atoms with E-state index < -0.39 is 18.0 Å². The SMILES string of the molecule is COC(=O)c1sccc1C(N)CCC(=O)O. The average molecular weight is 243 g/mol. The van der Waals surface area contributed by atoms with Crippen molar-refractivity contribution < 1.29 is 19.4 Å². The molecule has 1 unspecified atom stereocenters. The summed E-state index contributed by atoms with van der Waals surface area (Å²) in [6, 6.07) is 1.28. The van der Waals surface area contributed by atoms with Gasteiger partial charge in [-0.05, 0) is 23.4 Å². The topological polar surface area (TPSA) is 89.6 Å². The summed E-state index contributed by atoms with van der Waals surface area (Å²) in [5.74, 6) is -1.33. The first-order chi connectivity index (χ1) is 7.56. The number of carbonyl (C=O) groups is 2. The third-order valence-electron chi connectivity index (χ3n) is 2.14. The molecule has 0 aliphatic heterocycles. The first kappa shape index (κ1) is 12.7. The lowest BCUT2D eigenvalue weighted by molar-refractivity contribution is -0.137. The van der Waals surface area contributed by atoms with Crippen molar-refractivity contribution in [2.75, 3.05) is 7.11 Å². The first-order valence-electron chi connectivity index (χ1n) is 4.69. The molecule has 6 heteroatoms. The molecule has 88 valence electrons. The first-order valence-corrected chi connectivity index (χ1v) is 5.57. The van der Waals surface area contributed by atoms with Gasteiger partial charge in [-0.1, -0.05) is 0 Å². The Morgan fingerprint density at radius 2 is 2.31 bits per heavy atom. The number of hydrogen-bond acceptors (Lipinski definition) is 5. The van der Waals surface area contributed by atoms with E-state index in [0.717, 1.165) is 0 Å². The van der Waals surface area contributed by atoms with Crippen molar-refractivity contribution in [2.45, 2.75) is 18.9 Å². The number of aliphatic carboxylic acids is 1. The van der Waals surface area contributed by atoms with Crippen molar-refractivity contribution in [3.05, 3.63) is 21.9 Å². The molecule has 0 saturated carbocycles. The summed E-state index contributed by atoms with van der Waals surface area (Å²) in [6.07, 6.45) is 0.285. The number of rotatable bonds is 5. The molecule has 0 aliphatic rings. The molecule has 1 atom stereocenters. The molecular weight excluding hydrogens is 230 g/mol. The van der Waals surface area contributed by atoms with Crippen LogP contribution in [0.4, 0.5) is 0 Å². The highest BCUT2D eigenvalue weighted by Gasteiger charge is 2.19. The van der Waals surface area contributed by atoms with E-state index in [-0.39, 0.29) is 6.42 Å². The monoisotopic (exact) mass is 243 g/mol. The maximum absolute atomic E-state index is 11.4. The Balaban J connectivity index is 2.75. The van der Waals surface area contributed by atoms with Gasteiger partial charge in [0.25, 0.3) is 0 Å². The number of esters is 1. The maximum Gasteiger partial charge on any atom is 0.348 e. The van der Waals surface area contributed by atoms with Crippen molar-refractivity contribution in [1.29, 1.82) is 0 Å². The van der Waals surface area contributed by atoms with Gasteiger partial charge in [-0.25, -0.2) is 4.79 Å². The normalized spacial score (nSPS) is 12.1. The van der Waals surface area contributed by atoms with E-state index >= 15 is 0 Å². The predicted molar refractivity (Wildman–Crippen MR) is 59.5 cm³/mol. The minimum absolute atomic E-state index is 0.0162. The van der Waals surface area contributed by atoms with Crippen LogP contribution in [0.1, 0.15) is 34.1 Å². The van der Waals surface area contributed by atoms with E-state index in [9.17, 15) is 9.59 Å². The molecule has 1 aromatic heterocycles. The van der Waals surface area contributed by atoms with Crippen molar-refractivity contribution >= 4 is 23.3 Å². The molecule has 1 rings (SSSR count). The van der Waals surface area contributed by atoms with Gasteiger partial charge >= 0.3 is 11.9 Å². The van der Waals surface area contributed by atoms with Gasteiger partial charge in [0, 0.05) is 12.5 Å². The number of methoxy groups -OCH3 is 1. The van der Waals surface area contributed by atoms with Gasteiger partial charge in [-0.15, -0.1) is 11.3 Å². The molecule has 16 heavy (non-hydrogen) atoms. The van der Waals surface area contributed by atoms with Crippen LogP contribution in [0.15, 0.2) is 11.4 Å². The van der Waals surface area contributed by atoms with E-state index in [1.165, 1.54) is 18.4 Å². The number of carboxylic acids is 1. The molecule has 0 spiro atoms. The van der Waals surface area contributed by atoms with Crippen LogP contribution in [0.2, 0.25) is 0 Å². The highest BCUT2D eigenvalue weighted by atomic mass is 32.1. The van der Waals surface area contributed by atoms with Crippen molar-refractivity contribution in [3.8, 4) is 0 Å². The van der Waals surface area contributed by atoms with Gasteiger partial charge in [0.15, 0.2) is 0 Å². The van der Waals surface area contributed by atoms with E-state index in [4.69, 9.17) is 10.8 Å². The summed E-state index contributed by atoms with van der Waals surface area (Å²) in [5, 5.41) is 10.3. The Hall–Kier alpha value is -1.40. The maximum atomic E-state index is 11.4. The van der Waals surface area contributed by atoms with Crippen molar-refractivity contribution in [2.24, 2.45) is 5.73 Å². The highest BCUT2D eigenvalue weighted by molar-refractivity contribution is 7.12. The molecule has 0 amide bonds. The summed E-state index contributed by atoms with van der Waals surface area (Å²) in [6.45, 7) is 0. The number of carbonyl (C=O) groups excluding carboxylic acids is 1. The lowest BCUT2D eigenvalue weighted by atomic mass is 10.0. The molecule has 0 aliphatic carbocycles. The third-order valence-corrected chi connectivity index (χ3v) is 3.05. The van der Waals surface area contributed by atoms with Gasteiger partial charge in [0.1, 0.15) is 4.88 Å². The summed E-state index contributed by atoms with van der Waals surface area (Å²) in [4.78, 5) is 22.2. The van der Waals surface area contributed by atoms with Gasteiger partial charge < -0.3 is 15.6 Å². The number of ether oxygens (including phenoxy) is 1. The number of hydrogen-bond donors (Lipinski definition) is 2. The van der Waals surface area contributed by atoms with Crippen LogP contribution in [0.25, 0.3) is 0 Å². The van der Waals surface area contributed by atoms with Gasteiger partial charge in [-0.3, -0.25) is 4.79 Å². The average Bonchev–Trinajstić information content (AvgIpc) is 2.73. The van der Waals surface area contributed by atoms with E-state index in [1.54, 1.807) is 11.4 Å². The minimum atomic E-state index is -0.898. The third kappa shape index (κ3) is 3.04. The Morgan fingerprint density at radius 1 is 1.62 bits per heavy atom. The Labute approximate surface area is 96.8 Å². The lowest BCUT2D eigenvalue weighted by Gasteiger charge is -2.10. The fraction of sp³-hybridized carbons (Fsp3) is 0.400. The highest BCUT2D eigenvalue weighted by Crippen LogP contribution is 2.25. The van der Waals surface area contributed by atoms with E-state index in [2.05, 4.69) is 4.74 Å². The molecule has 3 N–H and O–H groups in total. The summed E-state index contributed by atoms with van der Waals surface area (Å²) >= 11 is 1.24. The van der Waals surface area contributed by atoms with E-state index in [1.807, 2.05) is 0 Å². The molecule has 1 heterocycles. The van der Waals surface area contributed by atoms with Crippen LogP contribution in [-0.2, 0) is 9.53 Å². The fourth-order valence-electron chi connectivity index (χ4n) is 1.30. The molecule has 0 fully saturated rings.